The molecule has 2 unspecified atom stereocenters. The molecule has 0 aromatic heterocycles. The van der Waals surface area contributed by atoms with Gasteiger partial charge in [0.1, 0.15) is 28.9 Å². The van der Waals surface area contributed by atoms with Gasteiger partial charge >= 0.3 is 5.97 Å². The molecule has 2 atom stereocenters. The molecular weight excluding hydrogens is 736 g/mol. The third-order valence-electron chi connectivity index (χ3n) is 11.5. The molecule has 6 heteroatoms. The Kier molecular flexibility index (Phi) is 11.7. The third kappa shape index (κ3) is 9.16. The minimum atomic E-state index is -0.531. The van der Waals surface area contributed by atoms with Gasteiger partial charge in [0.15, 0.2) is 0 Å². The van der Waals surface area contributed by atoms with E-state index in [-0.39, 0.29) is 53.2 Å². The monoisotopic (exact) mass is 807 g/mol. The van der Waals surface area contributed by atoms with Gasteiger partial charge in [-0.2, -0.15) is 0 Å². The van der Waals surface area contributed by atoms with E-state index in [1.54, 1.807) is 0 Å². The summed E-state index contributed by atoms with van der Waals surface area (Å²) in [5.74, 6) is 1.62. The molecule has 4 aromatic rings. The fourth-order valence-electron chi connectivity index (χ4n) is 7.76. The van der Waals surface area contributed by atoms with E-state index in [0.29, 0.717) is 11.5 Å². The summed E-state index contributed by atoms with van der Waals surface area (Å²) in [6.45, 7) is 43.5. The molecule has 0 radical (unpaired) electrons. The minimum absolute atomic E-state index is 0.0987. The van der Waals surface area contributed by atoms with E-state index >= 15 is 0 Å². The second-order valence-electron chi connectivity index (χ2n) is 22.9. The molecule has 0 saturated carbocycles. The van der Waals surface area contributed by atoms with Crippen molar-refractivity contribution in [2.24, 2.45) is 0 Å². The average Bonchev–Trinajstić information content (AvgIpc) is 3.38. The largest absolute Gasteiger partial charge is 0.507 e. The molecule has 4 aromatic carbocycles. The Morgan fingerprint density at radius 1 is 0.517 bits per heavy atom. The molecule has 0 amide bonds. The minimum Gasteiger partial charge on any atom is -0.507 e. The van der Waals surface area contributed by atoms with E-state index in [1.165, 1.54) is 11.1 Å². The molecule has 1 aliphatic rings. The first-order chi connectivity index (χ1) is 26.2. The lowest BCUT2D eigenvalue weighted by Gasteiger charge is -2.31. The number of hydrogen-bond acceptors (Lipinski definition) is 5. The van der Waals surface area contributed by atoms with Crippen molar-refractivity contribution >= 4 is 15.0 Å². The number of hydrogen-bond donors (Lipinski definition) is 1. The number of benzene rings is 4. The van der Waals surface area contributed by atoms with Crippen molar-refractivity contribution in [2.75, 3.05) is 0 Å². The Morgan fingerprint density at radius 2 is 0.931 bits per heavy atom. The molecule has 5 rings (SSSR count). The van der Waals surface area contributed by atoms with Crippen LogP contribution >= 0.6 is 9.03 Å². The summed E-state index contributed by atoms with van der Waals surface area (Å²) in [5.41, 5.74) is 10.6. The van der Waals surface area contributed by atoms with Gasteiger partial charge in [0.2, 0.25) is 0 Å². The van der Waals surface area contributed by atoms with Gasteiger partial charge in [0, 0.05) is 33.4 Å². The van der Waals surface area contributed by atoms with Crippen LogP contribution in [0.25, 0.3) is 11.1 Å². The smallest absolute Gasteiger partial charge is 0.323 e. The van der Waals surface area contributed by atoms with Gasteiger partial charge in [-0.3, -0.25) is 4.79 Å². The van der Waals surface area contributed by atoms with Gasteiger partial charge in [0.25, 0.3) is 9.03 Å². The van der Waals surface area contributed by atoms with Crippen molar-refractivity contribution in [1.82, 2.24) is 0 Å². The maximum absolute atomic E-state index is 13.7. The van der Waals surface area contributed by atoms with Gasteiger partial charge in [0.05, 0.1) is 0 Å². The van der Waals surface area contributed by atoms with E-state index in [1.807, 2.05) is 13.8 Å². The van der Waals surface area contributed by atoms with Crippen molar-refractivity contribution in [2.45, 2.75) is 177 Å². The highest BCUT2D eigenvalue weighted by molar-refractivity contribution is 7.27. The van der Waals surface area contributed by atoms with Gasteiger partial charge in [-0.1, -0.05) is 161 Å². The molecule has 0 bridgehead atoms. The van der Waals surface area contributed by atoms with Crippen LogP contribution in [0.2, 0.25) is 0 Å². The molecule has 0 aliphatic carbocycles. The van der Waals surface area contributed by atoms with Crippen LogP contribution in [0.5, 0.6) is 23.0 Å². The zero-order chi connectivity index (χ0) is 43.9. The number of aryl methyl sites for hydroxylation is 2. The standard InChI is InChI=1S/C52H71O5P/c1-29-21-31(41-37-25-34(49(9,10)11)27-39(51(15,16)17)44(37)55-46(41)54)22-30(2)43(29)56-58-57-45-36(24-33(48(6,7)8)28-40(45)52(18,19)20)35-23-32(47(3,4)5)26-38(42(35)53)50(12,13)14/h21-28,41,53,58H,1-20H3. The second kappa shape index (κ2) is 15.0. The topological polar surface area (TPSA) is 65.0 Å². The number of fused-ring (bicyclic) bond motifs is 1. The van der Waals surface area contributed by atoms with Crippen molar-refractivity contribution in [3.63, 3.8) is 0 Å². The predicted molar refractivity (Wildman–Crippen MR) is 245 cm³/mol. The van der Waals surface area contributed by atoms with Gasteiger partial charge < -0.3 is 18.9 Å². The maximum Gasteiger partial charge on any atom is 0.323 e. The number of carbonyl (C=O) groups is 1. The Morgan fingerprint density at radius 3 is 1.40 bits per heavy atom. The lowest BCUT2D eigenvalue weighted by molar-refractivity contribution is -0.133. The van der Waals surface area contributed by atoms with E-state index in [2.05, 4.69) is 173 Å². The SMILES string of the molecule is Cc1cc(C2C(=O)Oc3c2cc(C(C)(C)C)cc3C(C)(C)C)cc(C)c1OPOc1c(-c2cc(C(C)(C)C)cc(C(C)(C)C)c2O)cc(C(C)(C)C)cc1C(C)(C)C. The lowest BCUT2D eigenvalue weighted by atomic mass is 9.75. The van der Waals surface area contributed by atoms with Crippen LogP contribution in [-0.4, -0.2) is 11.1 Å². The highest BCUT2D eigenvalue weighted by Crippen LogP contribution is 2.51. The van der Waals surface area contributed by atoms with Crippen LogP contribution in [0.3, 0.4) is 0 Å². The molecule has 58 heavy (non-hydrogen) atoms. The van der Waals surface area contributed by atoms with Crippen LogP contribution < -0.4 is 13.8 Å². The maximum atomic E-state index is 13.7. The summed E-state index contributed by atoms with van der Waals surface area (Å²) in [4.78, 5) is 13.7. The lowest BCUT2D eigenvalue weighted by Crippen LogP contribution is -2.19. The molecule has 0 fully saturated rings. The summed E-state index contributed by atoms with van der Waals surface area (Å²) in [6, 6.07) is 17.3. The molecule has 1 aliphatic heterocycles. The number of phenols is 1. The summed E-state index contributed by atoms with van der Waals surface area (Å²) in [7, 11) is -0.370. The summed E-state index contributed by atoms with van der Waals surface area (Å²) < 4.78 is 19.5. The number of phenolic OH excluding ortho intramolecular Hbond substituents is 1. The fraction of sp³-hybridized carbons (Fsp3) is 0.519. The van der Waals surface area contributed by atoms with Gasteiger partial charge in [-0.25, -0.2) is 0 Å². The highest BCUT2D eigenvalue weighted by atomic mass is 31.1. The van der Waals surface area contributed by atoms with Crippen LogP contribution in [0.4, 0.5) is 0 Å². The van der Waals surface area contributed by atoms with Crippen LogP contribution in [-0.2, 0) is 37.3 Å². The summed E-state index contributed by atoms with van der Waals surface area (Å²) in [6.07, 6.45) is 0. The van der Waals surface area contributed by atoms with Gasteiger partial charge in [-0.15, -0.1) is 0 Å². The van der Waals surface area contributed by atoms with E-state index in [9.17, 15) is 9.90 Å². The number of aromatic hydroxyl groups is 1. The highest BCUT2D eigenvalue weighted by Gasteiger charge is 2.40. The van der Waals surface area contributed by atoms with E-state index in [0.717, 1.165) is 61.4 Å². The normalized spacial score (nSPS) is 15.6. The Balaban J connectivity index is 1.60. The molecule has 1 N–H and O–H groups in total. The van der Waals surface area contributed by atoms with Crippen molar-refractivity contribution in [1.29, 1.82) is 0 Å². The third-order valence-corrected chi connectivity index (χ3v) is 12.1. The van der Waals surface area contributed by atoms with Crippen LogP contribution in [0.15, 0.2) is 48.5 Å². The molecule has 314 valence electrons. The van der Waals surface area contributed by atoms with Crippen molar-refractivity contribution in [3.05, 3.63) is 104 Å². The summed E-state index contributed by atoms with van der Waals surface area (Å²) >= 11 is 0. The Bertz CT molecular complexity index is 2210. The second-order valence-corrected chi connectivity index (χ2v) is 23.5. The first-order valence-electron chi connectivity index (χ1n) is 20.9. The zero-order valence-electron chi connectivity index (χ0n) is 39.3. The number of rotatable bonds is 6. The number of esters is 1. The molecule has 0 spiro atoms. The molecule has 5 nitrogen and oxygen atoms in total. The molecule has 0 saturated heterocycles. The number of carbonyl (C=O) groups excluding carboxylic acids is 1. The van der Waals surface area contributed by atoms with Crippen LogP contribution in [0.1, 0.15) is 186 Å². The van der Waals surface area contributed by atoms with Gasteiger partial charge in [-0.05, 0) is 91.9 Å². The Hall–Kier alpha value is -3.82. The fourth-order valence-corrected chi connectivity index (χ4v) is 8.51. The van der Waals surface area contributed by atoms with E-state index in [4.69, 9.17) is 13.8 Å². The summed E-state index contributed by atoms with van der Waals surface area (Å²) in [5, 5.41) is 12.1. The van der Waals surface area contributed by atoms with Crippen molar-refractivity contribution < 1.29 is 23.7 Å². The molecule has 1 heterocycles. The average molecular weight is 807 g/mol. The van der Waals surface area contributed by atoms with Crippen molar-refractivity contribution in [3.8, 4) is 34.1 Å². The number of ether oxygens (including phenoxy) is 1. The predicted octanol–water partition coefficient (Wildman–Crippen LogP) is 14.5. The quantitative estimate of drug-likeness (QED) is 0.119. The molecular formula is C52H71O5P. The van der Waals surface area contributed by atoms with E-state index < -0.39 is 5.92 Å². The first-order valence-corrected chi connectivity index (χ1v) is 21.7. The first kappa shape index (κ1) is 45.3. The zero-order valence-corrected chi connectivity index (χ0v) is 40.3. The Labute approximate surface area is 352 Å². The van der Waals surface area contributed by atoms with Crippen LogP contribution in [0, 0.1) is 13.8 Å².